The maximum absolute atomic E-state index is 11.4. The van der Waals surface area contributed by atoms with E-state index in [2.05, 4.69) is 17.9 Å². The first-order chi connectivity index (χ1) is 8.74. The van der Waals surface area contributed by atoms with E-state index >= 15 is 0 Å². The van der Waals surface area contributed by atoms with Crippen molar-refractivity contribution in [2.75, 3.05) is 13.7 Å². The van der Waals surface area contributed by atoms with Gasteiger partial charge in [-0.3, -0.25) is 9.69 Å². The number of ether oxygens (including phenoxy) is 1. The first kappa shape index (κ1) is 13.1. The molecule has 0 saturated heterocycles. The van der Waals surface area contributed by atoms with E-state index in [0.717, 1.165) is 24.7 Å². The average Bonchev–Trinajstić information content (AvgIpc) is 3.22. The highest BCUT2D eigenvalue weighted by Gasteiger charge is 2.28. The van der Waals surface area contributed by atoms with E-state index in [9.17, 15) is 4.79 Å². The molecule has 1 aliphatic rings. The van der Waals surface area contributed by atoms with Crippen LogP contribution < -0.4 is 0 Å². The molecule has 3 heteroatoms. The summed E-state index contributed by atoms with van der Waals surface area (Å²) in [6.07, 6.45) is 2.99. The van der Waals surface area contributed by atoms with Crippen LogP contribution in [0.5, 0.6) is 0 Å². The van der Waals surface area contributed by atoms with Crippen LogP contribution in [-0.4, -0.2) is 30.6 Å². The standard InChI is InChI=1S/C15H21NO2/c1-3-16(14-8-9-14)11-13-7-5-4-6-12(13)10-15(17)18-2/h4-7,14H,3,8-11H2,1-2H3. The van der Waals surface area contributed by atoms with Crippen LogP contribution in [-0.2, 0) is 22.5 Å². The number of methoxy groups -OCH3 is 1. The number of nitrogens with zero attached hydrogens (tertiary/aromatic N) is 1. The molecule has 0 N–H and O–H groups in total. The van der Waals surface area contributed by atoms with Crippen molar-refractivity contribution in [2.45, 2.75) is 38.8 Å². The second-order valence-corrected chi connectivity index (χ2v) is 4.82. The number of carbonyl (C=O) groups excluding carboxylic acids is 1. The third kappa shape index (κ3) is 3.33. The minimum Gasteiger partial charge on any atom is -0.469 e. The third-order valence-electron chi connectivity index (χ3n) is 3.52. The Labute approximate surface area is 109 Å². The van der Waals surface area contributed by atoms with Gasteiger partial charge >= 0.3 is 5.97 Å². The highest BCUT2D eigenvalue weighted by atomic mass is 16.5. The van der Waals surface area contributed by atoms with Gasteiger partial charge in [0.2, 0.25) is 0 Å². The molecule has 98 valence electrons. The summed E-state index contributed by atoms with van der Waals surface area (Å²) in [5.74, 6) is -0.170. The van der Waals surface area contributed by atoms with Crippen molar-refractivity contribution < 1.29 is 9.53 Å². The lowest BCUT2D eigenvalue weighted by atomic mass is 10.0. The molecular weight excluding hydrogens is 226 g/mol. The topological polar surface area (TPSA) is 29.5 Å². The van der Waals surface area contributed by atoms with Gasteiger partial charge in [0.15, 0.2) is 0 Å². The van der Waals surface area contributed by atoms with Crippen molar-refractivity contribution >= 4 is 5.97 Å². The molecule has 0 spiro atoms. The van der Waals surface area contributed by atoms with Crippen molar-refractivity contribution in [3.63, 3.8) is 0 Å². The molecule has 0 aliphatic heterocycles. The summed E-state index contributed by atoms with van der Waals surface area (Å²) in [6, 6.07) is 8.91. The Kier molecular flexibility index (Phi) is 4.37. The smallest absolute Gasteiger partial charge is 0.309 e. The fourth-order valence-electron chi connectivity index (χ4n) is 2.27. The van der Waals surface area contributed by atoms with E-state index < -0.39 is 0 Å². The number of esters is 1. The van der Waals surface area contributed by atoms with E-state index in [-0.39, 0.29) is 5.97 Å². The highest BCUT2D eigenvalue weighted by Crippen LogP contribution is 2.28. The Morgan fingerprint density at radius 2 is 2.00 bits per heavy atom. The van der Waals surface area contributed by atoms with Gasteiger partial charge in [0, 0.05) is 12.6 Å². The Bertz CT molecular complexity index is 413. The fourth-order valence-corrected chi connectivity index (χ4v) is 2.27. The van der Waals surface area contributed by atoms with Gasteiger partial charge in [-0.15, -0.1) is 0 Å². The Morgan fingerprint density at radius 3 is 2.56 bits per heavy atom. The van der Waals surface area contributed by atoms with Crippen LogP contribution in [0.25, 0.3) is 0 Å². The van der Waals surface area contributed by atoms with Gasteiger partial charge in [0.05, 0.1) is 13.5 Å². The lowest BCUT2D eigenvalue weighted by Gasteiger charge is -2.21. The van der Waals surface area contributed by atoms with Gasteiger partial charge in [0.1, 0.15) is 0 Å². The normalized spacial score (nSPS) is 14.8. The molecule has 1 saturated carbocycles. The quantitative estimate of drug-likeness (QED) is 0.723. The predicted molar refractivity (Wildman–Crippen MR) is 71.3 cm³/mol. The minimum atomic E-state index is -0.170. The molecule has 2 rings (SSSR count). The van der Waals surface area contributed by atoms with E-state index in [4.69, 9.17) is 4.74 Å². The van der Waals surface area contributed by atoms with Crippen LogP contribution in [0.1, 0.15) is 30.9 Å². The van der Waals surface area contributed by atoms with Crippen LogP contribution in [0.2, 0.25) is 0 Å². The van der Waals surface area contributed by atoms with Crippen molar-refractivity contribution in [2.24, 2.45) is 0 Å². The summed E-state index contributed by atoms with van der Waals surface area (Å²) >= 11 is 0. The molecule has 0 amide bonds. The van der Waals surface area contributed by atoms with Gasteiger partial charge in [-0.2, -0.15) is 0 Å². The Morgan fingerprint density at radius 1 is 1.33 bits per heavy atom. The van der Waals surface area contributed by atoms with Crippen molar-refractivity contribution in [3.05, 3.63) is 35.4 Å². The second-order valence-electron chi connectivity index (χ2n) is 4.82. The highest BCUT2D eigenvalue weighted by molar-refractivity contribution is 5.72. The number of hydrogen-bond donors (Lipinski definition) is 0. The zero-order valence-corrected chi connectivity index (χ0v) is 11.2. The summed E-state index contributed by atoms with van der Waals surface area (Å²) in [5, 5.41) is 0. The van der Waals surface area contributed by atoms with E-state index in [1.165, 1.54) is 25.5 Å². The van der Waals surface area contributed by atoms with E-state index in [1.807, 2.05) is 18.2 Å². The van der Waals surface area contributed by atoms with Gasteiger partial charge in [0.25, 0.3) is 0 Å². The Hall–Kier alpha value is -1.35. The fraction of sp³-hybridized carbons (Fsp3) is 0.533. The van der Waals surface area contributed by atoms with Gasteiger partial charge in [-0.05, 0) is 30.5 Å². The molecule has 1 fully saturated rings. The predicted octanol–water partition coefficient (Wildman–Crippen LogP) is 2.39. The van der Waals surface area contributed by atoms with E-state index in [1.54, 1.807) is 0 Å². The molecule has 0 bridgehead atoms. The summed E-state index contributed by atoms with van der Waals surface area (Å²) in [6.45, 7) is 4.20. The van der Waals surface area contributed by atoms with Crippen molar-refractivity contribution in [3.8, 4) is 0 Å². The lowest BCUT2D eigenvalue weighted by Crippen LogP contribution is -2.25. The monoisotopic (exact) mass is 247 g/mol. The first-order valence-electron chi connectivity index (χ1n) is 6.62. The third-order valence-corrected chi connectivity index (χ3v) is 3.52. The van der Waals surface area contributed by atoms with Crippen LogP contribution in [0, 0.1) is 0 Å². The number of carbonyl (C=O) groups is 1. The zero-order chi connectivity index (χ0) is 13.0. The average molecular weight is 247 g/mol. The maximum atomic E-state index is 11.4. The molecule has 0 radical (unpaired) electrons. The second kappa shape index (κ2) is 6.01. The van der Waals surface area contributed by atoms with Crippen LogP contribution in [0.15, 0.2) is 24.3 Å². The molecule has 1 aromatic carbocycles. The van der Waals surface area contributed by atoms with Crippen LogP contribution >= 0.6 is 0 Å². The molecule has 0 aromatic heterocycles. The number of benzene rings is 1. The summed E-state index contributed by atoms with van der Waals surface area (Å²) < 4.78 is 4.75. The molecule has 18 heavy (non-hydrogen) atoms. The largest absolute Gasteiger partial charge is 0.469 e. The minimum absolute atomic E-state index is 0.170. The number of rotatable bonds is 6. The van der Waals surface area contributed by atoms with Gasteiger partial charge < -0.3 is 4.74 Å². The summed E-state index contributed by atoms with van der Waals surface area (Å²) in [4.78, 5) is 13.9. The molecule has 1 aromatic rings. The van der Waals surface area contributed by atoms with Gasteiger partial charge in [-0.25, -0.2) is 0 Å². The van der Waals surface area contributed by atoms with Crippen molar-refractivity contribution in [1.29, 1.82) is 0 Å². The lowest BCUT2D eigenvalue weighted by molar-refractivity contribution is -0.139. The van der Waals surface area contributed by atoms with Crippen LogP contribution in [0.3, 0.4) is 0 Å². The molecular formula is C15H21NO2. The van der Waals surface area contributed by atoms with Gasteiger partial charge in [-0.1, -0.05) is 31.2 Å². The molecule has 0 atom stereocenters. The molecule has 1 aliphatic carbocycles. The Balaban J connectivity index is 2.08. The molecule has 0 heterocycles. The molecule has 0 unspecified atom stereocenters. The summed E-state index contributed by atoms with van der Waals surface area (Å²) in [7, 11) is 1.44. The maximum Gasteiger partial charge on any atom is 0.309 e. The number of hydrogen-bond acceptors (Lipinski definition) is 3. The van der Waals surface area contributed by atoms with Crippen LogP contribution in [0.4, 0.5) is 0 Å². The van der Waals surface area contributed by atoms with Crippen molar-refractivity contribution in [1.82, 2.24) is 4.90 Å². The SMILES string of the molecule is CCN(Cc1ccccc1CC(=O)OC)C1CC1. The van der Waals surface area contributed by atoms with E-state index in [0.29, 0.717) is 6.42 Å². The first-order valence-corrected chi connectivity index (χ1v) is 6.62. The summed E-state index contributed by atoms with van der Waals surface area (Å²) in [5.41, 5.74) is 2.33. The molecule has 3 nitrogen and oxygen atoms in total. The zero-order valence-electron chi connectivity index (χ0n) is 11.2.